The zero-order chi connectivity index (χ0) is 22.6. The molecule has 0 aliphatic heterocycles. The van der Waals surface area contributed by atoms with Gasteiger partial charge in [-0.2, -0.15) is 9.82 Å². The standard InChI is InChI=1S/C22H26N4O4S/c1-22(2,3)16-9-11-17(12-10-16)31(29,30)26-19(14-27)21(28)23-20-13-18(24-25-20)15-7-5-4-6-8-15/h4-13,19,26-27H,14H2,1-3H3,(H2,23,24,25,28)/t19-/m0/s1. The number of carbonyl (C=O) groups excluding carboxylic acids is 1. The van der Waals surface area contributed by atoms with Crippen molar-refractivity contribution in [3.05, 3.63) is 66.2 Å². The number of hydrogen-bond donors (Lipinski definition) is 4. The maximum Gasteiger partial charge on any atom is 0.246 e. The van der Waals surface area contributed by atoms with Gasteiger partial charge in [0.25, 0.3) is 0 Å². The predicted molar refractivity (Wildman–Crippen MR) is 119 cm³/mol. The Balaban J connectivity index is 1.70. The number of H-pyrrole nitrogens is 1. The third-order valence-corrected chi connectivity index (χ3v) is 6.23. The van der Waals surface area contributed by atoms with Crippen LogP contribution in [-0.2, 0) is 20.2 Å². The van der Waals surface area contributed by atoms with E-state index in [1.54, 1.807) is 18.2 Å². The molecule has 4 N–H and O–H groups in total. The molecule has 1 amide bonds. The van der Waals surface area contributed by atoms with Crippen LogP contribution in [0.25, 0.3) is 11.3 Å². The predicted octanol–water partition coefficient (Wildman–Crippen LogP) is 2.65. The molecule has 0 spiro atoms. The Morgan fingerprint density at radius 2 is 1.74 bits per heavy atom. The van der Waals surface area contributed by atoms with E-state index in [0.717, 1.165) is 11.1 Å². The van der Waals surface area contributed by atoms with Crippen molar-refractivity contribution in [1.29, 1.82) is 0 Å². The molecule has 3 rings (SSSR count). The van der Waals surface area contributed by atoms with E-state index < -0.39 is 28.6 Å². The van der Waals surface area contributed by atoms with Crippen molar-refractivity contribution in [3.8, 4) is 11.3 Å². The number of aromatic nitrogens is 2. The first-order valence-corrected chi connectivity index (χ1v) is 11.2. The average Bonchev–Trinajstić information content (AvgIpc) is 3.20. The summed E-state index contributed by atoms with van der Waals surface area (Å²) < 4.78 is 27.6. The molecule has 164 valence electrons. The summed E-state index contributed by atoms with van der Waals surface area (Å²) in [5.74, 6) is -0.500. The molecule has 3 aromatic rings. The lowest BCUT2D eigenvalue weighted by Gasteiger charge is -2.20. The average molecular weight is 443 g/mol. The molecular weight excluding hydrogens is 416 g/mol. The highest BCUT2D eigenvalue weighted by atomic mass is 32.2. The normalized spacial score (nSPS) is 13.0. The van der Waals surface area contributed by atoms with Gasteiger partial charge >= 0.3 is 0 Å². The Morgan fingerprint density at radius 3 is 2.32 bits per heavy atom. The molecule has 0 bridgehead atoms. The summed E-state index contributed by atoms with van der Waals surface area (Å²) >= 11 is 0. The summed E-state index contributed by atoms with van der Waals surface area (Å²) in [6.07, 6.45) is 0. The van der Waals surface area contributed by atoms with Gasteiger partial charge in [-0.05, 0) is 28.7 Å². The highest BCUT2D eigenvalue weighted by molar-refractivity contribution is 7.89. The van der Waals surface area contributed by atoms with Crippen LogP contribution in [-0.4, -0.2) is 42.3 Å². The quantitative estimate of drug-likeness (QED) is 0.448. The summed E-state index contributed by atoms with van der Waals surface area (Å²) in [6, 6.07) is 16.1. The van der Waals surface area contributed by atoms with Crippen molar-refractivity contribution in [3.63, 3.8) is 0 Å². The molecular formula is C22H26N4O4S. The molecule has 0 radical (unpaired) electrons. The van der Waals surface area contributed by atoms with E-state index in [1.807, 2.05) is 51.1 Å². The minimum Gasteiger partial charge on any atom is -0.394 e. The van der Waals surface area contributed by atoms with Gasteiger partial charge in [0.15, 0.2) is 5.82 Å². The highest BCUT2D eigenvalue weighted by Crippen LogP contribution is 2.23. The molecule has 0 saturated carbocycles. The second-order valence-corrected chi connectivity index (χ2v) is 9.87. The fourth-order valence-corrected chi connectivity index (χ4v) is 4.11. The van der Waals surface area contributed by atoms with Crippen LogP contribution < -0.4 is 10.0 Å². The number of aromatic amines is 1. The first kappa shape index (κ1) is 22.7. The van der Waals surface area contributed by atoms with E-state index in [1.165, 1.54) is 12.1 Å². The molecule has 1 atom stereocenters. The summed E-state index contributed by atoms with van der Waals surface area (Å²) in [4.78, 5) is 12.5. The zero-order valence-corrected chi connectivity index (χ0v) is 18.4. The van der Waals surface area contributed by atoms with Crippen molar-refractivity contribution in [2.75, 3.05) is 11.9 Å². The van der Waals surface area contributed by atoms with Crippen molar-refractivity contribution in [2.24, 2.45) is 0 Å². The van der Waals surface area contributed by atoms with Crippen LogP contribution in [0.15, 0.2) is 65.6 Å². The first-order valence-electron chi connectivity index (χ1n) is 9.75. The van der Waals surface area contributed by atoms with Gasteiger partial charge in [-0.15, -0.1) is 0 Å². The third-order valence-electron chi connectivity index (χ3n) is 4.74. The maximum absolute atomic E-state index is 12.7. The van der Waals surface area contributed by atoms with Gasteiger partial charge < -0.3 is 10.4 Å². The number of carbonyl (C=O) groups is 1. The van der Waals surface area contributed by atoms with E-state index >= 15 is 0 Å². The Morgan fingerprint density at radius 1 is 1.10 bits per heavy atom. The molecule has 2 aromatic carbocycles. The highest BCUT2D eigenvalue weighted by Gasteiger charge is 2.26. The van der Waals surface area contributed by atoms with Crippen LogP contribution in [0.3, 0.4) is 0 Å². The lowest BCUT2D eigenvalue weighted by Crippen LogP contribution is -2.46. The smallest absolute Gasteiger partial charge is 0.246 e. The van der Waals surface area contributed by atoms with Crippen molar-refractivity contribution in [2.45, 2.75) is 37.1 Å². The van der Waals surface area contributed by atoms with Crippen LogP contribution in [0.2, 0.25) is 0 Å². The number of rotatable bonds is 7. The van der Waals surface area contributed by atoms with Gasteiger partial charge in [-0.3, -0.25) is 9.89 Å². The topological polar surface area (TPSA) is 124 Å². The van der Waals surface area contributed by atoms with Gasteiger partial charge in [-0.25, -0.2) is 8.42 Å². The fourth-order valence-electron chi connectivity index (χ4n) is 2.93. The molecule has 0 aliphatic rings. The number of nitrogens with one attached hydrogen (secondary N) is 3. The number of sulfonamides is 1. The SMILES string of the molecule is CC(C)(C)c1ccc(S(=O)(=O)N[C@@H](CO)C(=O)Nc2cc(-c3ccccc3)[nH]n2)cc1. The van der Waals surface area contributed by atoms with Crippen molar-refractivity contribution in [1.82, 2.24) is 14.9 Å². The molecule has 8 nitrogen and oxygen atoms in total. The molecule has 31 heavy (non-hydrogen) atoms. The summed E-state index contributed by atoms with van der Waals surface area (Å²) in [6.45, 7) is 5.37. The zero-order valence-electron chi connectivity index (χ0n) is 17.6. The van der Waals surface area contributed by atoms with E-state index in [-0.39, 0.29) is 16.1 Å². The van der Waals surface area contributed by atoms with E-state index in [9.17, 15) is 18.3 Å². The number of amides is 1. The lowest BCUT2D eigenvalue weighted by atomic mass is 9.87. The van der Waals surface area contributed by atoms with Crippen molar-refractivity contribution >= 4 is 21.7 Å². The third kappa shape index (κ3) is 5.57. The van der Waals surface area contributed by atoms with E-state index in [4.69, 9.17) is 0 Å². The second-order valence-electron chi connectivity index (χ2n) is 8.15. The monoisotopic (exact) mass is 442 g/mol. The Labute approximate surface area is 181 Å². The lowest BCUT2D eigenvalue weighted by molar-refractivity contribution is -0.118. The molecule has 1 aromatic heterocycles. The Kier molecular flexibility index (Phi) is 6.59. The molecule has 0 saturated heterocycles. The minimum absolute atomic E-state index is 0.0119. The van der Waals surface area contributed by atoms with Gasteiger partial charge in [0.2, 0.25) is 15.9 Å². The van der Waals surface area contributed by atoms with Crippen LogP contribution in [0, 0.1) is 0 Å². The number of aliphatic hydroxyl groups is 1. The number of anilines is 1. The Hall–Kier alpha value is -3.01. The van der Waals surface area contributed by atoms with E-state index in [2.05, 4.69) is 20.2 Å². The van der Waals surface area contributed by atoms with Gasteiger partial charge in [0.1, 0.15) is 6.04 Å². The van der Waals surface area contributed by atoms with Crippen LogP contribution in [0.5, 0.6) is 0 Å². The Bertz CT molecular complexity index is 1130. The van der Waals surface area contributed by atoms with Gasteiger partial charge in [-0.1, -0.05) is 63.2 Å². The van der Waals surface area contributed by atoms with Gasteiger partial charge in [0, 0.05) is 6.07 Å². The van der Waals surface area contributed by atoms with Gasteiger partial charge in [0.05, 0.1) is 17.2 Å². The first-order chi connectivity index (χ1) is 14.6. The maximum atomic E-state index is 12.7. The number of aliphatic hydroxyl groups excluding tert-OH is 1. The van der Waals surface area contributed by atoms with E-state index in [0.29, 0.717) is 5.69 Å². The largest absolute Gasteiger partial charge is 0.394 e. The second kappa shape index (κ2) is 9.01. The molecule has 0 aliphatic carbocycles. The molecule has 1 heterocycles. The fraction of sp³-hybridized carbons (Fsp3) is 0.273. The summed E-state index contributed by atoms with van der Waals surface area (Å²) in [5.41, 5.74) is 2.44. The van der Waals surface area contributed by atoms with Crippen molar-refractivity contribution < 1.29 is 18.3 Å². The van der Waals surface area contributed by atoms with Crippen LogP contribution >= 0.6 is 0 Å². The van der Waals surface area contributed by atoms with Crippen LogP contribution in [0.4, 0.5) is 5.82 Å². The number of nitrogens with zero attached hydrogens (tertiary/aromatic N) is 1. The molecule has 0 unspecified atom stereocenters. The number of hydrogen-bond acceptors (Lipinski definition) is 5. The minimum atomic E-state index is -4.01. The summed E-state index contributed by atoms with van der Waals surface area (Å²) in [5, 5.41) is 19.0. The summed E-state index contributed by atoms with van der Waals surface area (Å²) in [7, 11) is -4.01. The number of benzene rings is 2. The van der Waals surface area contributed by atoms with Crippen LogP contribution in [0.1, 0.15) is 26.3 Å². The molecule has 0 fully saturated rings. The molecule has 9 heteroatoms.